The van der Waals surface area contributed by atoms with E-state index in [9.17, 15) is 23.1 Å². The number of fused-ring (bicyclic) bond motifs is 1. The molecule has 1 aromatic heterocycles. The minimum Gasteiger partial charge on any atom is -0.507 e. The Hall–Kier alpha value is -2.88. The summed E-state index contributed by atoms with van der Waals surface area (Å²) in [5.41, 5.74) is 0.240. The van der Waals surface area contributed by atoms with Crippen molar-refractivity contribution in [1.29, 1.82) is 0 Å². The van der Waals surface area contributed by atoms with Gasteiger partial charge in [0.05, 0.1) is 11.3 Å². The number of cyclic esters (lactones) is 1. The molecule has 0 spiro atoms. The summed E-state index contributed by atoms with van der Waals surface area (Å²) < 4.78 is 43.5. The summed E-state index contributed by atoms with van der Waals surface area (Å²) >= 11 is 0. The van der Waals surface area contributed by atoms with E-state index in [1.54, 1.807) is 13.0 Å². The zero-order chi connectivity index (χ0) is 21.5. The van der Waals surface area contributed by atoms with Crippen LogP contribution in [0.15, 0.2) is 24.3 Å². The lowest BCUT2D eigenvalue weighted by Crippen LogP contribution is -2.55. The van der Waals surface area contributed by atoms with Crippen molar-refractivity contribution < 1.29 is 27.8 Å². The first-order valence-corrected chi connectivity index (χ1v) is 9.64. The molecule has 10 heteroatoms. The third-order valence-corrected chi connectivity index (χ3v) is 5.50. The van der Waals surface area contributed by atoms with Crippen LogP contribution in [0.5, 0.6) is 5.75 Å². The number of aromatic hydroxyl groups is 1. The average molecular weight is 422 g/mol. The quantitative estimate of drug-likeness (QED) is 0.736. The minimum atomic E-state index is -4.53. The first kappa shape index (κ1) is 20.4. The number of aromatic nitrogens is 2. The standard InChI is InChI=1S/C20H21F3N4O3/c1-11-8-17(24-13-3-5-15-19(29)30-7-6-27(15)10-13)25-26-18(11)14-4-2-12(9-16(14)28)20(21,22)23/h2,4,8-9,13,15,28H,3,5-7,10H2,1H3,(H,24,25)/t13-,15-/m1/s1. The molecule has 0 unspecified atom stereocenters. The number of phenolic OH excluding ortho intramolecular Hbond substituents is 1. The number of carbonyl (C=O) groups is 1. The van der Waals surface area contributed by atoms with Gasteiger partial charge in [-0.1, -0.05) is 0 Å². The highest BCUT2D eigenvalue weighted by molar-refractivity contribution is 5.76. The van der Waals surface area contributed by atoms with E-state index in [-0.39, 0.29) is 23.6 Å². The van der Waals surface area contributed by atoms with Gasteiger partial charge in [0.1, 0.15) is 24.2 Å². The van der Waals surface area contributed by atoms with Gasteiger partial charge in [-0.05, 0) is 49.6 Å². The van der Waals surface area contributed by atoms with Gasteiger partial charge in [-0.2, -0.15) is 13.2 Å². The number of ether oxygens (including phenoxy) is 1. The number of aryl methyl sites for hydroxylation is 1. The topological polar surface area (TPSA) is 87.6 Å². The number of hydrogen-bond donors (Lipinski definition) is 2. The number of hydrogen-bond acceptors (Lipinski definition) is 7. The molecule has 0 saturated carbocycles. The van der Waals surface area contributed by atoms with Crippen molar-refractivity contribution in [2.75, 3.05) is 25.0 Å². The van der Waals surface area contributed by atoms with Crippen LogP contribution >= 0.6 is 0 Å². The highest BCUT2D eigenvalue weighted by Gasteiger charge is 2.37. The van der Waals surface area contributed by atoms with E-state index in [0.717, 1.165) is 12.5 Å². The SMILES string of the molecule is Cc1cc(N[C@@H]2CC[C@@H]3C(=O)OCCN3C2)nnc1-c1ccc(C(F)(F)F)cc1O. The number of carbonyl (C=O) groups excluding carboxylic acids is 1. The second kappa shape index (κ2) is 7.75. The summed E-state index contributed by atoms with van der Waals surface area (Å²) in [6, 6.07) is 4.44. The molecule has 30 heavy (non-hydrogen) atoms. The van der Waals surface area contributed by atoms with Gasteiger partial charge < -0.3 is 15.2 Å². The molecular weight excluding hydrogens is 401 g/mol. The Morgan fingerprint density at radius 3 is 2.73 bits per heavy atom. The molecule has 2 aliphatic rings. The van der Waals surface area contributed by atoms with Crippen LogP contribution in [0, 0.1) is 6.92 Å². The lowest BCUT2D eigenvalue weighted by Gasteiger charge is -2.41. The number of nitrogens with zero attached hydrogens (tertiary/aromatic N) is 3. The number of rotatable bonds is 3. The Bertz CT molecular complexity index is 967. The van der Waals surface area contributed by atoms with Crippen LogP contribution in [-0.2, 0) is 15.7 Å². The molecule has 1 aromatic carbocycles. The molecule has 0 aliphatic carbocycles. The second-order valence-corrected chi connectivity index (χ2v) is 7.59. The Balaban J connectivity index is 1.48. The lowest BCUT2D eigenvalue weighted by atomic mass is 9.97. The van der Waals surface area contributed by atoms with Gasteiger partial charge in [0.15, 0.2) is 0 Å². The van der Waals surface area contributed by atoms with Crippen LogP contribution < -0.4 is 5.32 Å². The molecule has 0 amide bonds. The van der Waals surface area contributed by atoms with E-state index in [4.69, 9.17) is 4.74 Å². The van der Waals surface area contributed by atoms with Gasteiger partial charge in [0.25, 0.3) is 0 Å². The van der Waals surface area contributed by atoms with Crippen molar-refractivity contribution in [3.8, 4) is 17.0 Å². The van der Waals surface area contributed by atoms with Gasteiger partial charge in [-0.15, -0.1) is 10.2 Å². The zero-order valence-electron chi connectivity index (χ0n) is 16.2. The zero-order valence-corrected chi connectivity index (χ0v) is 16.2. The molecule has 2 aliphatic heterocycles. The van der Waals surface area contributed by atoms with Crippen LogP contribution in [0.2, 0.25) is 0 Å². The Kier molecular flexibility index (Phi) is 5.27. The maximum absolute atomic E-state index is 12.8. The number of halogens is 3. The summed E-state index contributed by atoms with van der Waals surface area (Å²) in [5.74, 6) is -0.139. The van der Waals surface area contributed by atoms with Crippen molar-refractivity contribution in [2.45, 2.75) is 38.0 Å². The van der Waals surface area contributed by atoms with E-state index in [2.05, 4.69) is 20.4 Å². The van der Waals surface area contributed by atoms with E-state index < -0.39 is 17.5 Å². The van der Waals surface area contributed by atoms with Crippen molar-refractivity contribution in [1.82, 2.24) is 15.1 Å². The summed E-state index contributed by atoms with van der Waals surface area (Å²) in [5, 5.41) is 21.6. The van der Waals surface area contributed by atoms with Crippen LogP contribution in [0.4, 0.5) is 19.0 Å². The average Bonchev–Trinajstić information content (AvgIpc) is 2.68. The molecule has 7 nitrogen and oxygen atoms in total. The number of nitrogens with one attached hydrogen (secondary N) is 1. The molecule has 2 N–H and O–H groups in total. The molecule has 0 radical (unpaired) electrons. The first-order valence-electron chi connectivity index (χ1n) is 9.64. The largest absolute Gasteiger partial charge is 0.507 e. The minimum absolute atomic E-state index is 0.0890. The van der Waals surface area contributed by atoms with Gasteiger partial charge >= 0.3 is 12.1 Å². The number of phenols is 1. The van der Waals surface area contributed by atoms with Crippen LogP contribution in [0.25, 0.3) is 11.3 Å². The number of benzene rings is 1. The molecule has 3 heterocycles. The van der Waals surface area contributed by atoms with Crippen LogP contribution in [-0.4, -0.2) is 58.0 Å². The highest BCUT2D eigenvalue weighted by Crippen LogP contribution is 2.37. The molecule has 160 valence electrons. The molecule has 4 rings (SSSR count). The van der Waals surface area contributed by atoms with E-state index in [1.807, 2.05) is 0 Å². The number of esters is 1. The van der Waals surface area contributed by atoms with E-state index >= 15 is 0 Å². The summed E-state index contributed by atoms with van der Waals surface area (Å²) in [6.07, 6.45) is -3.06. The molecular formula is C20H21F3N4O3. The van der Waals surface area contributed by atoms with E-state index in [0.29, 0.717) is 49.3 Å². The smallest absolute Gasteiger partial charge is 0.416 e. The molecule has 2 atom stereocenters. The van der Waals surface area contributed by atoms with Gasteiger partial charge in [-0.3, -0.25) is 9.69 Å². The Morgan fingerprint density at radius 2 is 2.03 bits per heavy atom. The fourth-order valence-electron chi connectivity index (χ4n) is 3.97. The molecule has 2 saturated heterocycles. The first-order chi connectivity index (χ1) is 14.2. The van der Waals surface area contributed by atoms with E-state index in [1.165, 1.54) is 6.07 Å². The normalized spacial score (nSPS) is 22.3. The maximum atomic E-state index is 12.8. The van der Waals surface area contributed by atoms with Crippen LogP contribution in [0.3, 0.4) is 0 Å². The maximum Gasteiger partial charge on any atom is 0.416 e. The number of piperidine rings is 1. The van der Waals surface area contributed by atoms with Crippen molar-refractivity contribution >= 4 is 11.8 Å². The van der Waals surface area contributed by atoms with Crippen molar-refractivity contribution in [3.05, 3.63) is 35.4 Å². The molecule has 2 aromatic rings. The lowest BCUT2D eigenvalue weighted by molar-refractivity contribution is -0.159. The van der Waals surface area contributed by atoms with Crippen LogP contribution in [0.1, 0.15) is 24.0 Å². The summed E-state index contributed by atoms with van der Waals surface area (Å²) in [6.45, 7) is 3.53. The second-order valence-electron chi connectivity index (χ2n) is 7.59. The van der Waals surface area contributed by atoms with Gasteiger partial charge in [-0.25, -0.2) is 0 Å². The fraction of sp³-hybridized carbons (Fsp3) is 0.450. The molecule has 2 fully saturated rings. The summed E-state index contributed by atoms with van der Waals surface area (Å²) in [7, 11) is 0. The predicted molar refractivity (Wildman–Crippen MR) is 102 cm³/mol. The monoisotopic (exact) mass is 422 g/mol. The van der Waals surface area contributed by atoms with Gasteiger partial charge in [0, 0.05) is 24.7 Å². The van der Waals surface area contributed by atoms with Gasteiger partial charge in [0.2, 0.25) is 0 Å². The fourth-order valence-corrected chi connectivity index (χ4v) is 3.97. The molecule has 0 bridgehead atoms. The Morgan fingerprint density at radius 1 is 1.23 bits per heavy atom. The van der Waals surface area contributed by atoms with Crippen molar-refractivity contribution in [2.24, 2.45) is 0 Å². The third-order valence-electron chi connectivity index (χ3n) is 5.50. The summed E-state index contributed by atoms with van der Waals surface area (Å²) in [4.78, 5) is 13.9. The van der Waals surface area contributed by atoms with Crippen molar-refractivity contribution in [3.63, 3.8) is 0 Å². The number of morpholine rings is 1. The highest BCUT2D eigenvalue weighted by atomic mass is 19.4. The Labute approximate surface area is 170 Å². The predicted octanol–water partition coefficient (Wildman–Crippen LogP) is 2.98. The number of anilines is 1. The number of alkyl halides is 3. The third kappa shape index (κ3) is 4.04.